The number of aliphatic hydroxyl groups excluding tert-OH is 1. The van der Waals surface area contributed by atoms with Gasteiger partial charge in [-0.15, -0.1) is 0 Å². The van der Waals surface area contributed by atoms with Gasteiger partial charge in [0.25, 0.3) is 0 Å². The molecule has 0 aromatic rings. The van der Waals surface area contributed by atoms with Crippen molar-refractivity contribution >= 4 is 5.78 Å². The first-order valence-electron chi connectivity index (χ1n) is 8.87. The Kier molecular flexibility index (Phi) is 2.96. The summed E-state index contributed by atoms with van der Waals surface area (Å²) in [7, 11) is 0. The van der Waals surface area contributed by atoms with Crippen LogP contribution in [-0.2, 0) is 4.79 Å². The summed E-state index contributed by atoms with van der Waals surface area (Å²) < 4.78 is 0. The second-order valence-corrected chi connectivity index (χ2v) is 8.61. The highest BCUT2D eigenvalue weighted by molar-refractivity contribution is 5.91. The zero-order chi connectivity index (χ0) is 14.8. The maximum absolute atomic E-state index is 11.8. The zero-order valence-corrected chi connectivity index (χ0v) is 13.4. The highest BCUT2D eigenvalue weighted by Gasteiger charge is 2.58. The third kappa shape index (κ3) is 1.78. The number of ketones is 1. The third-order valence-electron chi connectivity index (χ3n) is 7.91. The molecule has 1 N–H and O–H groups in total. The summed E-state index contributed by atoms with van der Waals surface area (Å²) in [6, 6.07) is 0. The third-order valence-corrected chi connectivity index (χ3v) is 7.91. The number of carbonyl (C=O) groups excluding carboxylic acids is 1. The minimum Gasteiger partial charge on any atom is -0.393 e. The first kappa shape index (κ1) is 14.0. The van der Waals surface area contributed by atoms with E-state index < -0.39 is 0 Å². The normalized spacial score (nSPS) is 52.7. The smallest absolute Gasteiger partial charge is 0.155 e. The molecule has 0 amide bonds. The number of aliphatic hydroxyl groups is 1. The Morgan fingerprint density at radius 1 is 1.05 bits per heavy atom. The Balaban J connectivity index is 1.69. The fraction of sp³-hybridized carbons (Fsp3) is 0.842. The van der Waals surface area contributed by atoms with Crippen molar-refractivity contribution in [1.82, 2.24) is 0 Å². The van der Waals surface area contributed by atoms with E-state index in [4.69, 9.17) is 0 Å². The average Bonchev–Trinajstić information content (AvgIpc) is 2.76. The van der Waals surface area contributed by atoms with Crippen molar-refractivity contribution in [3.8, 4) is 0 Å². The minimum absolute atomic E-state index is 0.0823. The van der Waals surface area contributed by atoms with Crippen molar-refractivity contribution in [2.75, 3.05) is 0 Å². The van der Waals surface area contributed by atoms with Crippen molar-refractivity contribution in [3.05, 3.63) is 11.6 Å². The maximum atomic E-state index is 11.8. The summed E-state index contributed by atoms with van der Waals surface area (Å²) in [5.74, 6) is 2.57. The van der Waals surface area contributed by atoms with E-state index in [1.165, 1.54) is 31.3 Å². The van der Waals surface area contributed by atoms with Gasteiger partial charge in [-0.3, -0.25) is 4.79 Å². The molecule has 0 heterocycles. The molecule has 0 aliphatic heterocycles. The Hall–Kier alpha value is -0.630. The van der Waals surface area contributed by atoms with E-state index in [1.807, 2.05) is 6.08 Å². The van der Waals surface area contributed by atoms with Crippen LogP contribution in [0, 0.1) is 28.6 Å². The van der Waals surface area contributed by atoms with Crippen LogP contribution in [0.15, 0.2) is 11.6 Å². The van der Waals surface area contributed by atoms with E-state index in [0.29, 0.717) is 11.7 Å². The second kappa shape index (κ2) is 4.44. The quantitative estimate of drug-likeness (QED) is 0.687. The van der Waals surface area contributed by atoms with E-state index in [2.05, 4.69) is 13.8 Å². The summed E-state index contributed by atoms with van der Waals surface area (Å²) in [6.45, 7) is 4.76. The molecule has 6 atom stereocenters. The predicted octanol–water partition coefficient (Wildman–Crippen LogP) is 3.88. The highest BCUT2D eigenvalue weighted by atomic mass is 16.3. The van der Waals surface area contributed by atoms with Crippen molar-refractivity contribution in [2.24, 2.45) is 28.6 Å². The summed E-state index contributed by atoms with van der Waals surface area (Å²) in [4.78, 5) is 11.8. The van der Waals surface area contributed by atoms with Gasteiger partial charge < -0.3 is 5.11 Å². The van der Waals surface area contributed by atoms with Crippen LogP contribution >= 0.6 is 0 Å². The van der Waals surface area contributed by atoms with Crippen LogP contribution in [0.25, 0.3) is 0 Å². The summed E-state index contributed by atoms with van der Waals surface area (Å²) >= 11 is 0. The molecule has 0 unspecified atom stereocenters. The second-order valence-electron chi connectivity index (χ2n) is 8.61. The molecule has 4 rings (SSSR count). The van der Waals surface area contributed by atoms with Gasteiger partial charge in [-0.25, -0.2) is 0 Å². The number of hydrogen-bond acceptors (Lipinski definition) is 2. The number of fused-ring (bicyclic) bond motifs is 5. The summed E-state index contributed by atoms with van der Waals surface area (Å²) in [5.41, 5.74) is 1.89. The van der Waals surface area contributed by atoms with Crippen LogP contribution in [0.5, 0.6) is 0 Å². The van der Waals surface area contributed by atoms with Crippen LogP contribution in [-0.4, -0.2) is 17.0 Å². The summed E-state index contributed by atoms with van der Waals surface area (Å²) in [5, 5.41) is 10.4. The fourth-order valence-corrected chi connectivity index (χ4v) is 6.53. The van der Waals surface area contributed by atoms with Crippen LogP contribution in [0.3, 0.4) is 0 Å². The Morgan fingerprint density at radius 3 is 2.67 bits per heavy atom. The van der Waals surface area contributed by atoms with Gasteiger partial charge in [-0.1, -0.05) is 19.4 Å². The standard InChI is InChI=1S/C19H28O2/c1-18-9-7-13(20)11-12(18)3-4-14-15-5-6-17(21)19(15,2)10-8-16(14)18/h11,14-17,21H,3-10H2,1-2H3/t14-,15-,16-,17-,18-,19-/m1/s1/i11+1,13+1. The van der Waals surface area contributed by atoms with Crippen molar-refractivity contribution in [1.29, 1.82) is 0 Å². The van der Waals surface area contributed by atoms with Crippen LogP contribution in [0.2, 0.25) is 0 Å². The van der Waals surface area contributed by atoms with E-state index >= 15 is 0 Å². The molecular weight excluding hydrogens is 262 g/mol. The van der Waals surface area contributed by atoms with Crippen LogP contribution in [0.1, 0.15) is 65.2 Å². The highest BCUT2D eigenvalue weighted by Crippen LogP contribution is 2.65. The Morgan fingerprint density at radius 2 is 1.86 bits per heavy atom. The van der Waals surface area contributed by atoms with Gasteiger partial charge in [-0.05, 0) is 79.6 Å². The number of carbonyl (C=O) groups is 1. The molecule has 2 heteroatoms. The van der Waals surface area contributed by atoms with E-state index in [1.54, 1.807) is 0 Å². The molecule has 0 spiro atoms. The summed E-state index contributed by atoms with van der Waals surface area (Å²) in [6.07, 6.45) is 10.7. The molecule has 21 heavy (non-hydrogen) atoms. The lowest BCUT2D eigenvalue weighted by atomic mass is 9.48. The fourth-order valence-electron chi connectivity index (χ4n) is 6.53. The lowest BCUT2D eigenvalue weighted by Gasteiger charge is -2.57. The van der Waals surface area contributed by atoms with Gasteiger partial charge >= 0.3 is 0 Å². The van der Waals surface area contributed by atoms with Gasteiger partial charge in [0.2, 0.25) is 0 Å². The average molecular weight is 290 g/mol. The number of rotatable bonds is 0. The van der Waals surface area contributed by atoms with Crippen molar-refractivity contribution in [3.63, 3.8) is 0 Å². The molecule has 3 saturated carbocycles. The van der Waals surface area contributed by atoms with Crippen molar-refractivity contribution in [2.45, 2.75) is 71.3 Å². The van der Waals surface area contributed by atoms with Gasteiger partial charge in [-0.2, -0.15) is 0 Å². The van der Waals surface area contributed by atoms with Gasteiger partial charge in [0, 0.05) is 6.42 Å². The van der Waals surface area contributed by atoms with E-state index in [0.717, 1.165) is 37.5 Å². The SMILES string of the molecule is C[C@@]12CC[C@@H]3[C@H](CCC4=[13CH][13C](=O)CC[C@]43C)[C@H]1CC[C@H]2O. The molecule has 116 valence electrons. The molecular formula is C19H28O2. The topological polar surface area (TPSA) is 37.3 Å². The molecule has 0 radical (unpaired) electrons. The first-order valence-corrected chi connectivity index (χ1v) is 8.87. The molecule has 0 saturated heterocycles. The molecule has 4 aliphatic rings. The zero-order valence-electron chi connectivity index (χ0n) is 13.4. The lowest BCUT2D eigenvalue weighted by molar-refractivity contribution is -0.118. The maximum Gasteiger partial charge on any atom is 0.155 e. The molecule has 0 bridgehead atoms. The lowest BCUT2D eigenvalue weighted by Crippen LogP contribution is -2.51. The van der Waals surface area contributed by atoms with E-state index in [-0.39, 0.29) is 16.9 Å². The Bertz CT molecular complexity index is 508. The number of allylic oxidation sites excluding steroid dienone is 1. The predicted molar refractivity (Wildman–Crippen MR) is 82.7 cm³/mol. The molecule has 0 aromatic carbocycles. The molecule has 3 fully saturated rings. The van der Waals surface area contributed by atoms with Gasteiger partial charge in [0.15, 0.2) is 5.78 Å². The van der Waals surface area contributed by atoms with Gasteiger partial charge in [0.05, 0.1) is 6.10 Å². The molecule has 0 aromatic heterocycles. The van der Waals surface area contributed by atoms with Crippen LogP contribution < -0.4 is 0 Å². The Labute approximate surface area is 128 Å². The number of hydrogen-bond donors (Lipinski definition) is 1. The largest absolute Gasteiger partial charge is 0.393 e. The first-order chi connectivity index (χ1) is 9.95. The molecule has 4 aliphatic carbocycles. The molecule has 2 nitrogen and oxygen atoms in total. The van der Waals surface area contributed by atoms with E-state index in [9.17, 15) is 9.90 Å². The van der Waals surface area contributed by atoms with Crippen LogP contribution in [0.4, 0.5) is 0 Å². The monoisotopic (exact) mass is 290 g/mol. The minimum atomic E-state index is -0.0823. The van der Waals surface area contributed by atoms with Crippen molar-refractivity contribution < 1.29 is 9.90 Å². The van der Waals surface area contributed by atoms with Gasteiger partial charge in [0.1, 0.15) is 0 Å².